The number of nitrogens with zero attached hydrogens (tertiary/aromatic N) is 1. The monoisotopic (exact) mass is 97.0 g/mol. The molecule has 0 atom stereocenters. The van der Waals surface area contributed by atoms with E-state index in [1.165, 1.54) is 0 Å². The van der Waals surface area contributed by atoms with Crippen LogP contribution in [0, 0.1) is 16.2 Å². The molecule has 0 aromatic rings. The summed E-state index contributed by atoms with van der Waals surface area (Å²) in [5, 5.41) is 1.73. The minimum absolute atomic E-state index is 0.0444. The Morgan fingerprint density at radius 2 is 2.60 bits per heavy atom. The largest absolute Gasteiger partial charge is 0.493 e. The van der Waals surface area contributed by atoms with E-state index in [-0.39, 0.29) is 11.3 Å². The molecule has 0 heterocycles. The Bertz CT molecular complexity index is 28.1. The Balaban J connectivity index is 2.40. The maximum absolute atomic E-state index is 8.88. The highest BCUT2D eigenvalue weighted by Gasteiger charge is 1.79. The molecule has 0 radical (unpaired) electrons. The van der Waals surface area contributed by atoms with Gasteiger partial charge in [-0.1, -0.05) is 0 Å². The van der Waals surface area contributed by atoms with E-state index in [2.05, 4.69) is 4.39 Å². The lowest BCUT2D eigenvalue weighted by molar-refractivity contribution is -1.27. The molecule has 0 rings (SSSR count). The summed E-state index contributed by atoms with van der Waals surface area (Å²) < 4.78 is 12.1. The highest BCUT2D eigenvalue weighted by Crippen LogP contribution is 1.62. The molecule has 0 unspecified atom stereocenters. The molecule has 0 amide bonds. The number of halogens is 1. The second kappa shape index (κ2) is 3.65. The van der Waals surface area contributed by atoms with Crippen molar-refractivity contribution in [2.24, 2.45) is 5.34 Å². The topological polar surface area (TPSA) is 61.7 Å². The molecule has 0 aromatic heterocycles. The highest BCUT2D eigenvalue weighted by atomic mass is 35.6. The van der Waals surface area contributed by atoms with Gasteiger partial charge in [-0.15, -0.1) is 4.91 Å². The average Bonchev–Trinajstić information content (AvgIpc) is 1.41. The predicted molar refractivity (Wildman–Crippen MR) is 6.88 cm³/mol. The Labute approximate surface area is 31.7 Å². The molecule has 5 heteroatoms. The number of hydrogen-bond acceptors (Lipinski definition) is 4. The second-order valence-corrected chi connectivity index (χ2v) is 0.471. The molecular weight excluding hydrogens is 97.5 g/mol. The van der Waals surface area contributed by atoms with Crippen molar-refractivity contribution in [3.8, 4) is 0 Å². The molecule has 5 heavy (non-hydrogen) atoms. The first-order valence-electron chi connectivity index (χ1n) is 0.674. The van der Waals surface area contributed by atoms with Crippen LogP contribution in [0.3, 0.4) is 0 Å². The lowest BCUT2D eigenvalue weighted by Gasteiger charge is -1.60. The molecule has 0 saturated carbocycles. The summed E-state index contributed by atoms with van der Waals surface area (Å²) in [5.41, 5.74) is 0. The van der Waals surface area contributed by atoms with Crippen molar-refractivity contribution in [2.75, 3.05) is 0 Å². The Hall–Kier alpha value is -0.350. The fourth-order valence-electron chi connectivity index (χ4n) is 0.0115. The van der Waals surface area contributed by atoms with Gasteiger partial charge in [0.05, 0.1) is 0 Å². The first kappa shape index (κ1) is 4.65. The quantitative estimate of drug-likeness (QED) is 0.327. The van der Waals surface area contributed by atoms with E-state index in [0.29, 0.717) is 0 Å². The third kappa shape index (κ3) is 3.65. The molecule has 0 aliphatic carbocycles. The third-order valence-corrected chi connectivity index (χ3v) is 0.169. The van der Waals surface area contributed by atoms with Crippen molar-refractivity contribution in [1.29, 1.82) is 0 Å². The van der Waals surface area contributed by atoms with E-state index < -0.39 is 0 Å². The van der Waals surface area contributed by atoms with Gasteiger partial charge in [0, 0.05) is 0 Å². The molecule has 4 nitrogen and oxygen atoms in total. The van der Waals surface area contributed by atoms with Crippen LogP contribution in [0.5, 0.6) is 0 Å². The first-order valence-corrected chi connectivity index (χ1v) is 1.29. The van der Waals surface area contributed by atoms with Gasteiger partial charge < -0.3 is 4.66 Å². The third-order valence-electron chi connectivity index (χ3n) is 0.0563. The van der Waals surface area contributed by atoms with E-state index in [1.807, 2.05) is 0 Å². The zero-order chi connectivity index (χ0) is 4.12. The lowest BCUT2D eigenvalue weighted by atomic mass is 13.4. The van der Waals surface area contributed by atoms with E-state index >= 15 is 0 Å². The van der Waals surface area contributed by atoms with Crippen LogP contribution >= 0.6 is 0 Å². The van der Waals surface area contributed by atoms with Crippen molar-refractivity contribution < 1.29 is 20.4 Å². The van der Waals surface area contributed by atoms with E-state index in [1.54, 1.807) is 5.34 Å². The molecule has 30 valence electrons. The summed E-state index contributed by atoms with van der Waals surface area (Å²) in [4.78, 5) is 8.70. The summed E-state index contributed by atoms with van der Waals surface area (Å²) in [6, 6.07) is 0. The van der Waals surface area contributed by atoms with Gasteiger partial charge in [0.15, 0.2) is 0 Å². The van der Waals surface area contributed by atoms with Gasteiger partial charge >= 0.3 is 11.3 Å². The molecule has 0 fully saturated rings. The minimum atomic E-state index is 0.0444. The van der Waals surface area contributed by atoms with E-state index in [0.717, 1.165) is 0 Å². The minimum Gasteiger partial charge on any atom is -0.493 e. The van der Waals surface area contributed by atoms with Gasteiger partial charge in [-0.2, -0.15) is 0 Å². The maximum atomic E-state index is 8.88. The SMILES string of the molecule is O=NO[Cl+][O-]. The van der Waals surface area contributed by atoms with E-state index in [9.17, 15) is 0 Å². The van der Waals surface area contributed by atoms with Gasteiger partial charge in [-0.05, 0) is 4.39 Å². The molecular formula is ClNO3. The van der Waals surface area contributed by atoms with Gasteiger partial charge in [0.1, 0.15) is 0 Å². The summed E-state index contributed by atoms with van der Waals surface area (Å²) in [6.45, 7) is 0. The van der Waals surface area contributed by atoms with Crippen LogP contribution in [-0.2, 0) is 4.39 Å². The predicted octanol–water partition coefficient (Wildman–Crippen LogP) is -1.04. The smallest absolute Gasteiger partial charge is 0.423 e. The van der Waals surface area contributed by atoms with Crippen LogP contribution < -0.4 is 4.66 Å². The fraction of sp³-hybridized carbons (Fsp3) is 0. The maximum Gasteiger partial charge on any atom is 0.423 e. The Morgan fingerprint density at radius 3 is 2.60 bits per heavy atom. The van der Waals surface area contributed by atoms with Crippen molar-refractivity contribution in [1.82, 2.24) is 0 Å². The summed E-state index contributed by atoms with van der Waals surface area (Å²) in [6.07, 6.45) is 0. The Morgan fingerprint density at radius 1 is 2.00 bits per heavy atom. The molecule has 0 N–H and O–H groups in total. The molecule has 0 spiro atoms. The van der Waals surface area contributed by atoms with Gasteiger partial charge in [0.25, 0.3) is 0 Å². The van der Waals surface area contributed by atoms with E-state index in [4.69, 9.17) is 9.57 Å². The first-order chi connectivity index (χ1) is 2.41. The Kier molecular flexibility index (Phi) is 3.39. The van der Waals surface area contributed by atoms with Gasteiger partial charge in [-0.3, -0.25) is 0 Å². The molecule has 0 bridgehead atoms. The summed E-state index contributed by atoms with van der Waals surface area (Å²) >= 11 is 0.0444. The molecule has 0 aliphatic heterocycles. The van der Waals surface area contributed by atoms with Crippen LogP contribution in [-0.4, -0.2) is 0 Å². The van der Waals surface area contributed by atoms with Crippen molar-refractivity contribution >= 4 is 0 Å². The van der Waals surface area contributed by atoms with Crippen molar-refractivity contribution in [2.45, 2.75) is 0 Å². The molecule has 0 aromatic carbocycles. The van der Waals surface area contributed by atoms with Gasteiger partial charge in [0.2, 0.25) is 5.34 Å². The van der Waals surface area contributed by atoms with Crippen molar-refractivity contribution in [3.63, 3.8) is 0 Å². The van der Waals surface area contributed by atoms with Crippen LogP contribution in [0.2, 0.25) is 0 Å². The normalized spacial score (nSPS) is 6.60. The van der Waals surface area contributed by atoms with Crippen LogP contribution in [0.1, 0.15) is 0 Å². The van der Waals surface area contributed by atoms with Crippen LogP contribution in [0.4, 0.5) is 0 Å². The van der Waals surface area contributed by atoms with Gasteiger partial charge in [-0.25, -0.2) is 0 Å². The zero-order valence-corrected chi connectivity index (χ0v) is 2.81. The number of rotatable bonds is 2. The fourth-order valence-corrected chi connectivity index (χ4v) is 0.0345. The van der Waals surface area contributed by atoms with Crippen molar-refractivity contribution in [3.05, 3.63) is 4.91 Å². The van der Waals surface area contributed by atoms with Crippen LogP contribution in [0.15, 0.2) is 5.34 Å². The summed E-state index contributed by atoms with van der Waals surface area (Å²) in [7, 11) is 0. The second-order valence-electron chi connectivity index (χ2n) is 0.207. The number of hydrogen-bond donors (Lipinski definition) is 0. The van der Waals surface area contributed by atoms with Crippen LogP contribution in [0.25, 0.3) is 0 Å². The zero-order valence-electron chi connectivity index (χ0n) is 2.05. The molecule has 0 aliphatic rings. The summed E-state index contributed by atoms with van der Waals surface area (Å²) in [5.74, 6) is 0. The lowest BCUT2D eigenvalue weighted by Crippen LogP contribution is -1.98. The molecule has 0 saturated heterocycles. The average molecular weight is 97.5 g/mol. The standard InChI is InChI=1S/ClNO3/c3-1-5-2-4. The highest BCUT2D eigenvalue weighted by molar-refractivity contribution is 3.86.